The van der Waals surface area contributed by atoms with E-state index in [9.17, 15) is 4.79 Å². The van der Waals surface area contributed by atoms with Crippen molar-refractivity contribution in [3.63, 3.8) is 0 Å². The smallest absolute Gasteiger partial charge is 0.271 e. The highest BCUT2D eigenvalue weighted by Crippen LogP contribution is 2.43. The van der Waals surface area contributed by atoms with Gasteiger partial charge >= 0.3 is 0 Å². The standard InChI is InChI=1S/C29H21BrCl2N2O2S/c1-2-36-24-12-7-16(13-22(24)30)14-25-28(35)34-27(20-11-9-18(31)15-23(20)32)21-10-8-17-5-3-4-6-19(17)26(21)33-29(34)37-25/h3-7,9,11-15,27H,2,8,10H2,1H3/b25-14+/t27-/m0/s1. The molecule has 0 radical (unpaired) electrons. The maximum atomic E-state index is 13.9. The number of ether oxygens (including phenoxy) is 1. The minimum absolute atomic E-state index is 0.0878. The Balaban J connectivity index is 1.58. The van der Waals surface area contributed by atoms with E-state index in [1.807, 2.05) is 49.4 Å². The summed E-state index contributed by atoms with van der Waals surface area (Å²) in [5.41, 5.74) is 6.09. The van der Waals surface area contributed by atoms with Crippen LogP contribution in [0.3, 0.4) is 0 Å². The number of rotatable bonds is 4. The number of aromatic nitrogens is 1. The van der Waals surface area contributed by atoms with Gasteiger partial charge in [0, 0.05) is 15.6 Å². The fourth-order valence-electron chi connectivity index (χ4n) is 5.05. The Labute approximate surface area is 236 Å². The van der Waals surface area contributed by atoms with Crippen LogP contribution in [0, 0.1) is 0 Å². The molecule has 1 aliphatic heterocycles. The molecule has 0 bridgehead atoms. The van der Waals surface area contributed by atoms with E-state index in [0.29, 0.717) is 26.0 Å². The molecule has 0 unspecified atom stereocenters. The number of hydrogen-bond donors (Lipinski definition) is 0. The van der Waals surface area contributed by atoms with Crippen molar-refractivity contribution >= 4 is 62.2 Å². The van der Waals surface area contributed by atoms with E-state index < -0.39 is 0 Å². The lowest BCUT2D eigenvalue weighted by atomic mass is 9.83. The molecule has 0 N–H and O–H groups in total. The Kier molecular flexibility index (Phi) is 6.61. The highest BCUT2D eigenvalue weighted by molar-refractivity contribution is 9.10. The number of fused-ring (bicyclic) bond motifs is 3. The third-order valence-electron chi connectivity index (χ3n) is 6.68. The van der Waals surface area contributed by atoms with Crippen LogP contribution in [-0.2, 0) is 6.42 Å². The predicted octanol–water partition coefficient (Wildman–Crippen LogP) is 6.79. The molecule has 1 aliphatic carbocycles. The van der Waals surface area contributed by atoms with Crippen molar-refractivity contribution < 1.29 is 4.74 Å². The van der Waals surface area contributed by atoms with Gasteiger partial charge in [-0.05, 0) is 88.3 Å². The van der Waals surface area contributed by atoms with Crippen LogP contribution in [0.5, 0.6) is 5.75 Å². The van der Waals surface area contributed by atoms with Crippen LogP contribution in [0.15, 0.2) is 80.5 Å². The van der Waals surface area contributed by atoms with Crippen molar-refractivity contribution in [1.82, 2.24) is 4.57 Å². The van der Waals surface area contributed by atoms with E-state index in [4.69, 9.17) is 32.9 Å². The molecule has 0 spiro atoms. The second-order valence-electron chi connectivity index (χ2n) is 8.90. The first-order chi connectivity index (χ1) is 17.9. The van der Waals surface area contributed by atoms with Crippen LogP contribution < -0.4 is 19.6 Å². The summed E-state index contributed by atoms with van der Waals surface area (Å²) >= 11 is 17.9. The molecule has 6 rings (SSSR count). The Morgan fingerprint density at radius 1 is 1.14 bits per heavy atom. The van der Waals surface area contributed by atoms with Gasteiger partial charge in [0.15, 0.2) is 4.80 Å². The first-order valence-electron chi connectivity index (χ1n) is 11.9. The summed E-state index contributed by atoms with van der Waals surface area (Å²) in [6.45, 7) is 2.53. The molecule has 0 amide bonds. The number of thiazole rings is 1. The van der Waals surface area contributed by atoms with Gasteiger partial charge < -0.3 is 4.74 Å². The van der Waals surface area contributed by atoms with Gasteiger partial charge in [-0.25, -0.2) is 4.99 Å². The lowest BCUT2D eigenvalue weighted by Crippen LogP contribution is -2.38. The molecule has 4 aromatic rings. The van der Waals surface area contributed by atoms with E-state index in [1.165, 1.54) is 16.9 Å². The predicted molar refractivity (Wildman–Crippen MR) is 155 cm³/mol. The topological polar surface area (TPSA) is 43.6 Å². The molecular weight excluding hydrogens is 591 g/mol. The fourth-order valence-corrected chi connectivity index (χ4v) is 7.08. The van der Waals surface area contributed by atoms with E-state index in [-0.39, 0.29) is 11.6 Å². The summed E-state index contributed by atoms with van der Waals surface area (Å²) in [7, 11) is 0. The summed E-state index contributed by atoms with van der Waals surface area (Å²) in [5, 5.41) is 1.10. The molecule has 37 heavy (non-hydrogen) atoms. The van der Waals surface area contributed by atoms with Crippen molar-refractivity contribution in [2.75, 3.05) is 6.61 Å². The van der Waals surface area contributed by atoms with Crippen molar-refractivity contribution in [2.45, 2.75) is 25.8 Å². The fraction of sp³-hybridized carbons (Fsp3) is 0.172. The lowest BCUT2D eigenvalue weighted by molar-refractivity contribution is 0.338. The third kappa shape index (κ3) is 4.40. The Hall–Kier alpha value is -2.64. The molecule has 2 heterocycles. The monoisotopic (exact) mass is 610 g/mol. The van der Waals surface area contributed by atoms with Gasteiger partial charge in [-0.1, -0.05) is 70.9 Å². The maximum Gasteiger partial charge on any atom is 0.271 e. The van der Waals surface area contributed by atoms with Crippen LogP contribution in [0.1, 0.15) is 41.6 Å². The number of hydrogen-bond acceptors (Lipinski definition) is 4. The van der Waals surface area contributed by atoms with E-state index in [1.54, 1.807) is 10.6 Å². The molecule has 3 aromatic carbocycles. The van der Waals surface area contributed by atoms with Crippen LogP contribution in [0.4, 0.5) is 0 Å². The van der Waals surface area contributed by atoms with Crippen molar-refractivity contribution in [3.05, 3.63) is 123 Å². The Morgan fingerprint density at radius 2 is 1.97 bits per heavy atom. The largest absolute Gasteiger partial charge is 0.493 e. The molecule has 1 aromatic heterocycles. The summed E-state index contributed by atoms with van der Waals surface area (Å²) in [6, 6.07) is 19.3. The van der Waals surface area contributed by atoms with Gasteiger partial charge in [-0.15, -0.1) is 0 Å². The molecule has 0 saturated heterocycles. The quantitative estimate of drug-likeness (QED) is 0.255. The number of benzene rings is 3. The van der Waals surface area contributed by atoms with Gasteiger partial charge in [-0.2, -0.15) is 0 Å². The second kappa shape index (κ2) is 9.91. The summed E-state index contributed by atoms with van der Waals surface area (Å²) in [4.78, 5) is 19.6. The van der Waals surface area contributed by atoms with Gasteiger partial charge in [0.1, 0.15) is 5.75 Å². The van der Waals surface area contributed by atoms with E-state index in [2.05, 4.69) is 34.1 Å². The zero-order valence-electron chi connectivity index (χ0n) is 19.8. The maximum absolute atomic E-state index is 13.9. The third-order valence-corrected chi connectivity index (χ3v) is 8.85. The molecule has 0 saturated carbocycles. The summed E-state index contributed by atoms with van der Waals surface area (Å²) in [6.07, 6.45) is 3.59. The molecule has 1 atom stereocenters. The average Bonchev–Trinajstić information content (AvgIpc) is 3.19. The number of halogens is 3. The van der Waals surface area contributed by atoms with Gasteiger partial charge in [0.05, 0.1) is 27.4 Å². The second-order valence-corrected chi connectivity index (χ2v) is 11.6. The normalized spacial score (nSPS) is 16.6. The Bertz CT molecular complexity index is 1770. The summed E-state index contributed by atoms with van der Waals surface area (Å²) < 4.78 is 8.88. The van der Waals surface area contributed by atoms with Crippen LogP contribution in [0.25, 0.3) is 11.8 Å². The van der Waals surface area contributed by atoms with Gasteiger partial charge in [0.25, 0.3) is 5.56 Å². The zero-order valence-corrected chi connectivity index (χ0v) is 23.7. The highest BCUT2D eigenvalue weighted by Gasteiger charge is 2.33. The Morgan fingerprint density at radius 3 is 2.76 bits per heavy atom. The number of aryl methyl sites for hydroxylation is 1. The van der Waals surface area contributed by atoms with Crippen molar-refractivity contribution in [1.29, 1.82) is 0 Å². The van der Waals surface area contributed by atoms with E-state index >= 15 is 0 Å². The van der Waals surface area contributed by atoms with Gasteiger partial charge in [0.2, 0.25) is 0 Å². The SMILES string of the molecule is CCOc1ccc(/C=c2/sc3n(c2=O)[C@@H](c2ccc(Cl)cc2Cl)C2=C(N=3)c3ccccc3CC2)cc1Br. The summed E-state index contributed by atoms with van der Waals surface area (Å²) in [5.74, 6) is 0.768. The minimum Gasteiger partial charge on any atom is -0.493 e. The van der Waals surface area contributed by atoms with Crippen LogP contribution in [0.2, 0.25) is 10.0 Å². The van der Waals surface area contributed by atoms with Crippen molar-refractivity contribution in [2.24, 2.45) is 4.99 Å². The number of nitrogens with zero attached hydrogens (tertiary/aromatic N) is 2. The molecule has 4 nitrogen and oxygen atoms in total. The first kappa shape index (κ1) is 24.7. The molecule has 8 heteroatoms. The minimum atomic E-state index is -0.349. The lowest BCUT2D eigenvalue weighted by Gasteiger charge is -2.31. The average molecular weight is 612 g/mol. The van der Waals surface area contributed by atoms with Crippen LogP contribution >= 0.6 is 50.5 Å². The molecular formula is C29H21BrCl2N2O2S. The molecule has 186 valence electrons. The molecule has 2 aliphatic rings. The van der Waals surface area contributed by atoms with Crippen LogP contribution in [-0.4, -0.2) is 11.2 Å². The van der Waals surface area contributed by atoms with E-state index in [0.717, 1.165) is 51.0 Å². The molecule has 0 fully saturated rings. The highest BCUT2D eigenvalue weighted by atomic mass is 79.9. The number of allylic oxidation sites excluding steroid dienone is 1. The first-order valence-corrected chi connectivity index (χ1v) is 14.3. The van der Waals surface area contributed by atoms with Gasteiger partial charge in [-0.3, -0.25) is 9.36 Å². The zero-order chi connectivity index (χ0) is 25.7. The van der Waals surface area contributed by atoms with Crippen molar-refractivity contribution in [3.8, 4) is 5.75 Å².